The molecular formula is C20H22N4O2. The average Bonchev–Trinajstić information content (AvgIpc) is 2.95. The highest BCUT2D eigenvalue weighted by atomic mass is 16.5. The van der Waals surface area contributed by atoms with E-state index in [9.17, 15) is 4.79 Å². The number of benzene rings is 1. The Balaban J connectivity index is 1.77. The normalized spacial score (nSPS) is 10.6. The summed E-state index contributed by atoms with van der Waals surface area (Å²) in [6.45, 7) is 6.17. The first-order valence-corrected chi connectivity index (χ1v) is 8.42. The van der Waals surface area contributed by atoms with Crippen molar-refractivity contribution >= 4 is 5.91 Å². The number of nitrogens with zero attached hydrogens (tertiary/aromatic N) is 3. The molecule has 0 bridgehead atoms. The molecule has 3 aromatic rings. The molecular weight excluding hydrogens is 328 g/mol. The van der Waals surface area contributed by atoms with Crippen LogP contribution in [-0.2, 0) is 13.6 Å². The second kappa shape index (κ2) is 7.39. The lowest BCUT2D eigenvalue weighted by atomic mass is 10.1. The van der Waals surface area contributed by atoms with Crippen LogP contribution in [0.5, 0.6) is 11.6 Å². The van der Waals surface area contributed by atoms with E-state index in [1.54, 1.807) is 24.0 Å². The topological polar surface area (TPSA) is 69.0 Å². The van der Waals surface area contributed by atoms with E-state index < -0.39 is 0 Å². The highest BCUT2D eigenvalue weighted by molar-refractivity contribution is 5.92. The molecule has 3 rings (SSSR count). The van der Waals surface area contributed by atoms with Gasteiger partial charge >= 0.3 is 0 Å². The van der Waals surface area contributed by atoms with Crippen LogP contribution in [0.25, 0.3) is 0 Å². The zero-order valence-corrected chi connectivity index (χ0v) is 15.4. The number of carbonyl (C=O) groups is 1. The first kappa shape index (κ1) is 17.7. The minimum absolute atomic E-state index is 0.185. The summed E-state index contributed by atoms with van der Waals surface area (Å²) in [6, 6.07) is 11.5. The largest absolute Gasteiger partial charge is 0.438 e. The van der Waals surface area contributed by atoms with Crippen LogP contribution in [-0.4, -0.2) is 20.7 Å². The average molecular weight is 350 g/mol. The van der Waals surface area contributed by atoms with Crippen molar-refractivity contribution in [2.45, 2.75) is 27.3 Å². The van der Waals surface area contributed by atoms with Crippen molar-refractivity contribution in [1.82, 2.24) is 20.1 Å². The molecule has 26 heavy (non-hydrogen) atoms. The lowest BCUT2D eigenvalue weighted by Crippen LogP contribution is -2.25. The molecule has 2 aromatic heterocycles. The Morgan fingerprint density at radius 2 is 1.88 bits per heavy atom. The molecule has 6 heteroatoms. The Bertz CT molecular complexity index is 926. The maximum atomic E-state index is 12.4. The maximum absolute atomic E-state index is 12.4. The van der Waals surface area contributed by atoms with E-state index in [2.05, 4.69) is 15.4 Å². The van der Waals surface area contributed by atoms with Crippen molar-refractivity contribution in [3.63, 3.8) is 0 Å². The van der Waals surface area contributed by atoms with E-state index >= 15 is 0 Å². The maximum Gasteiger partial charge on any atom is 0.269 e. The SMILES string of the molecule is Cc1cc(C(=O)NCc2cccnc2Oc2c(C)cccc2C)n(C)n1. The predicted molar refractivity (Wildman–Crippen MR) is 99.3 cm³/mol. The number of aryl methyl sites for hydroxylation is 4. The number of rotatable bonds is 5. The van der Waals surface area contributed by atoms with Crippen LogP contribution < -0.4 is 10.1 Å². The van der Waals surface area contributed by atoms with Crippen LogP contribution in [0, 0.1) is 20.8 Å². The Kier molecular flexibility index (Phi) is 5.02. The molecule has 0 radical (unpaired) electrons. The van der Waals surface area contributed by atoms with Gasteiger partial charge in [0.25, 0.3) is 5.91 Å². The van der Waals surface area contributed by atoms with Crippen LogP contribution in [0.2, 0.25) is 0 Å². The molecule has 0 fully saturated rings. The van der Waals surface area contributed by atoms with Crippen LogP contribution >= 0.6 is 0 Å². The summed E-state index contributed by atoms with van der Waals surface area (Å²) < 4.78 is 7.63. The molecule has 0 spiro atoms. The van der Waals surface area contributed by atoms with Gasteiger partial charge in [-0.1, -0.05) is 24.3 Å². The molecule has 6 nitrogen and oxygen atoms in total. The second-order valence-corrected chi connectivity index (χ2v) is 6.27. The molecule has 1 aromatic carbocycles. The van der Waals surface area contributed by atoms with Gasteiger partial charge in [0.2, 0.25) is 5.88 Å². The number of aromatic nitrogens is 3. The van der Waals surface area contributed by atoms with Gasteiger partial charge in [-0.3, -0.25) is 9.48 Å². The van der Waals surface area contributed by atoms with Gasteiger partial charge in [0.15, 0.2) is 0 Å². The van der Waals surface area contributed by atoms with E-state index in [0.717, 1.165) is 28.1 Å². The third-order valence-electron chi connectivity index (χ3n) is 4.13. The van der Waals surface area contributed by atoms with Gasteiger partial charge in [-0.2, -0.15) is 5.10 Å². The van der Waals surface area contributed by atoms with Crippen LogP contribution in [0.15, 0.2) is 42.6 Å². The summed E-state index contributed by atoms with van der Waals surface area (Å²) in [7, 11) is 1.75. The quantitative estimate of drug-likeness (QED) is 0.765. The van der Waals surface area contributed by atoms with Gasteiger partial charge in [0.05, 0.1) is 5.69 Å². The van der Waals surface area contributed by atoms with Crippen molar-refractivity contribution in [3.8, 4) is 11.6 Å². The number of amides is 1. The zero-order chi connectivity index (χ0) is 18.7. The Hall–Kier alpha value is -3.15. The summed E-state index contributed by atoms with van der Waals surface area (Å²) in [5.74, 6) is 1.10. The number of nitrogens with one attached hydrogen (secondary N) is 1. The molecule has 0 unspecified atom stereocenters. The predicted octanol–water partition coefficient (Wildman–Crippen LogP) is 3.46. The first-order valence-electron chi connectivity index (χ1n) is 8.42. The summed E-state index contributed by atoms with van der Waals surface area (Å²) in [6.07, 6.45) is 1.68. The van der Waals surface area contributed by atoms with E-state index in [1.165, 1.54) is 0 Å². The van der Waals surface area contributed by atoms with Gasteiger partial charge in [0, 0.05) is 25.4 Å². The lowest BCUT2D eigenvalue weighted by Gasteiger charge is -2.14. The third kappa shape index (κ3) is 3.74. The molecule has 0 saturated carbocycles. The monoisotopic (exact) mass is 350 g/mol. The Labute approximate surface area is 152 Å². The minimum atomic E-state index is -0.185. The summed E-state index contributed by atoms with van der Waals surface area (Å²) in [5.41, 5.74) is 4.20. The highest BCUT2D eigenvalue weighted by Gasteiger charge is 2.14. The molecule has 0 aliphatic rings. The number of para-hydroxylation sites is 1. The second-order valence-electron chi connectivity index (χ2n) is 6.27. The molecule has 0 aliphatic heterocycles. The molecule has 1 amide bonds. The van der Waals surface area contributed by atoms with Crippen molar-refractivity contribution in [2.24, 2.45) is 7.05 Å². The number of hydrogen-bond acceptors (Lipinski definition) is 4. The molecule has 1 N–H and O–H groups in total. The van der Waals surface area contributed by atoms with Crippen molar-refractivity contribution in [1.29, 1.82) is 0 Å². The van der Waals surface area contributed by atoms with Gasteiger partial charge in [-0.05, 0) is 44.0 Å². The summed E-state index contributed by atoms with van der Waals surface area (Å²) in [5, 5.41) is 7.10. The van der Waals surface area contributed by atoms with Crippen LogP contribution in [0.3, 0.4) is 0 Å². The highest BCUT2D eigenvalue weighted by Crippen LogP contribution is 2.29. The van der Waals surface area contributed by atoms with E-state index in [1.807, 2.05) is 51.1 Å². The number of pyridine rings is 1. The fourth-order valence-corrected chi connectivity index (χ4v) is 2.80. The van der Waals surface area contributed by atoms with Crippen molar-refractivity contribution in [2.75, 3.05) is 0 Å². The zero-order valence-electron chi connectivity index (χ0n) is 15.4. The Morgan fingerprint density at radius 1 is 1.15 bits per heavy atom. The van der Waals surface area contributed by atoms with E-state index in [-0.39, 0.29) is 5.91 Å². The number of hydrogen-bond donors (Lipinski definition) is 1. The summed E-state index contributed by atoms with van der Waals surface area (Å²) >= 11 is 0. The standard InChI is InChI=1S/C20H22N4O2/c1-13-7-5-8-14(2)18(13)26-20-16(9-6-10-21-20)12-22-19(25)17-11-15(3)23-24(17)4/h5-11H,12H2,1-4H3,(H,22,25). The minimum Gasteiger partial charge on any atom is -0.438 e. The molecule has 134 valence electrons. The lowest BCUT2D eigenvalue weighted by molar-refractivity contribution is 0.0941. The molecule has 2 heterocycles. The fourth-order valence-electron chi connectivity index (χ4n) is 2.80. The van der Waals surface area contributed by atoms with Crippen LogP contribution in [0.1, 0.15) is 32.9 Å². The number of ether oxygens (including phenoxy) is 1. The molecule has 0 aliphatic carbocycles. The number of carbonyl (C=O) groups excluding carboxylic acids is 1. The van der Waals surface area contributed by atoms with Gasteiger partial charge < -0.3 is 10.1 Å². The van der Waals surface area contributed by atoms with Gasteiger partial charge in [-0.15, -0.1) is 0 Å². The Morgan fingerprint density at radius 3 is 2.54 bits per heavy atom. The smallest absolute Gasteiger partial charge is 0.269 e. The van der Waals surface area contributed by atoms with E-state index in [0.29, 0.717) is 18.1 Å². The van der Waals surface area contributed by atoms with Crippen molar-refractivity contribution in [3.05, 3.63) is 70.7 Å². The molecule has 0 saturated heterocycles. The van der Waals surface area contributed by atoms with Crippen LogP contribution in [0.4, 0.5) is 0 Å². The summed E-state index contributed by atoms with van der Waals surface area (Å²) in [4.78, 5) is 16.7. The third-order valence-corrected chi connectivity index (χ3v) is 4.13. The van der Waals surface area contributed by atoms with Gasteiger partial charge in [-0.25, -0.2) is 4.98 Å². The first-order chi connectivity index (χ1) is 12.5. The van der Waals surface area contributed by atoms with E-state index in [4.69, 9.17) is 4.74 Å². The fraction of sp³-hybridized carbons (Fsp3) is 0.250. The molecule has 0 atom stereocenters. The van der Waals surface area contributed by atoms with Gasteiger partial charge in [0.1, 0.15) is 11.4 Å². The van der Waals surface area contributed by atoms with Crippen molar-refractivity contribution < 1.29 is 9.53 Å².